The normalized spacial score (nSPS) is 17.0. The van der Waals surface area contributed by atoms with Crippen molar-refractivity contribution in [2.24, 2.45) is 4.99 Å². The Balaban J connectivity index is 2.44. The van der Waals surface area contributed by atoms with Gasteiger partial charge in [0.25, 0.3) is 0 Å². The summed E-state index contributed by atoms with van der Waals surface area (Å²) in [4.78, 5) is 18.3. The molecule has 1 aliphatic heterocycles. The molecule has 0 unspecified atom stereocenters. The molecule has 1 heterocycles. The fourth-order valence-electron chi connectivity index (χ4n) is 2.47. The zero-order valence-electron chi connectivity index (χ0n) is 14.4. The van der Waals surface area contributed by atoms with Crippen LogP contribution in [-0.2, 0) is 14.3 Å². The van der Waals surface area contributed by atoms with Gasteiger partial charge in [-0.25, -0.2) is 0 Å². The van der Waals surface area contributed by atoms with Crippen molar-refractivity contribution < 1.29 is 14.3 Å². The van der Waals surface area contributed by atoms with E-state index in [1.54, 1.807) is 0 Å². The maximum atomic E-state index is 11.5. The highest BCUT2D eigenvalue weighted by molar-refractivity contribution is 5.80. The third kappa shape index (κ3) is 7.11. The Hall–Kier alpha value is -1.30. The lowest BCUT2D eigenvalue weighted by molar-refractivity contribution is -0.147. The summed E-state index contributed by atoms with van der Waals surface area (Å²) in [6.45, 7) is 11.7. The lowest BCUT2D eigenvalue weighted by Crippen LogP contribution is -2.47. The number of rotatable bonds is 7. The summed E-state index contributed by atoms with van der Waals surface area (Å²) < 4.78 is 10.8. The van der Waals surface area contributed by atoms with Crippen LogP contribution in [0.5, 0.6) is 0 Å². The van der Waals surface area contributed by atoms with Gasteiger partial charge in [-0.05, 0) is 40.5 Å². The van der Waals surface area contributed by atoms with Crippen molar-refractivity contribution in [2.45, 2.75) is 59.2 Å². The Morgan fingerprint density at radius 3 is 2.55 bits per heavy atom. The third-order valence-corrected chi connectivity index (χ3v) is 3.42. The molecule has 1 rings (SSSR count). The highest BCUT2D eigenvalue weighted by Gasteiger charge is 2.21. The number of likely N-dealkylation sites (tertiary alicyclic amines) is 1. The molecule has 128 valence electrons. The molecule has 0 spiro atoms. The zero-order valence-corrected chi connectivity index (χ0v) is 14.4. The first-order valence-electron chi connectivity index (χ1n) is 8.41. The van der Waals surface area contributed by atoms with Crippen LogP contribution in [0.2, 0.25) is 0 Å². The van der Waals surface area contributed by atoms with E-state index < -0.39 is 0 Å². The van der Waals surface area contributed by atoms with Crippen molar-refractivity contribution >= 4 is 11.9 Å². The van der Waals surface area contributed by atoms with E-state index in [0.717, 1.165) is 45.0 Å². The molecule has 0 saturated carbocycles. The number of hydrogen-bond acceptors (Lipinski definition) is 4. The Morgan fingerprint density at radius 2 is 2.00 bits per heavy atom. The van der Waals surface area contributed by atoms with Gasteiger partial charge < -0.3 is 19.7 Å². The Labute approximate surface area is 134 Å². The van der Waals surface area contributed by atoms with E-state index in [2.05, 4.69) is 22.1 Å². The van der Waals surface area contributed by atoms with E-state index in [1.165, 1.54) is 0 Å². The minimum absolute atomic E-state index is 0.0673. The van der Waals surface area contributed by atoms with Crippen molar-refractivity contribution in [3.63, 3.8) is 0 Å². The van der Waals surface area contributed by atoms with Crippen molar-refractivity contribution in [3.8, 4) is 0 Å². The Kier molecular flexibility index (Phi) is 8.89. The average molecular weight is 313 g/mol. The first kappa shape index (κ1) is 18.7. The minimum Gasteiger partial charge on any atom is -0.463 e. The second-order valence-electron chi connectivity index (χ2n) is 5.67. The second kappa shape index (κ2) is 10.4. The quantitative estimate of drug-likeness (QED) is 0.441. The molecule has 1 aliphatic rings. The topological polar surface area (TPSA) is 63.2 Å². The van der Waals surface area contributed by atoms with Crippen LogP contribution < -0.4 is 5.32 Å². The molecule has 0 aromatic heterocycles. The fourth-order valence-corrected chi connectivity index (χ4v) is 2.47. The molecular formula is C16H31N3O3. The maximum absolute atomic E-state index is 11.5. The van der Waals surface area contributed by atoms with Gasteiger partial charge in [0.2, 0.25) is 0 Å². The number of guanidine groups is 1. The van der Waals surface area contributed by atoms with Crippen LogP contribution in [0.25, 0.3) is 0 Å². The monoisotopic (exact) mass is 313 g/mol. The molecule has 0 atom stereocenters. The molecule has 0 radical (unpaired) electrons. The molecule has 6 heteroatoms. The average Bonchev–Trinajstić information content (AvgIpc) is 2.47. The Morgan fingerprint density at radius 1 is 1.32 bits per heavy atom. The summed E-state index contributed by atoms with van der Waals surface area (Å²) in [6, 6.07) is 0. The van der Waals surface area contributed by atoms with Crippen LogP contribution in [0.15, 0.2) is 4.99 Å². The summed E-state index contributed by atoms with van der Waals surface area (Å²) in [7, 11) is 0. The second-order valence-corrected chi connectivity index (χ2v) is 5.67. The first-order valence-corrected chi connectivity index (χ1v) is 8.41. The number of piperidine rings is 1. The molecule has 0 aliphatic carbocycles. The fraction of sp³-hybridized carbons (Fsp3) is 0.875. The smallest absolute Gasteiger partial charge is 0.307 e. The predicted octanol–water partition coefficient (Wildman–Crippen LogP) is 1.79. The van der Waals surface area contributed by atoms with E-state index in [4.69, 9.17) is 9.47 Å². The summed E-state index contributed by atoms with van der Waals surface area (Å²) in [6.07, 6.45) is 2.66. The molecule has 1 N–H and O–H groups in total. The van der Waals surface area contributed by atoms with Gasteiger partial charge in [0.05, 0.1) is 25.2 Å². The molecule has 0 aromatic carbocycles. The lowest BCUT2D eigenvalue weighted by Gasteiger charge is -2.34. The molecule has 0 aromatic rings. The largest absolute Gasteiger partial charge is 0.463 e. The van der Waals surface area contributed by atoms with Crippen LogP contribution >= 0.6 is 0 Å². The van der Waals surface area contributed by atoms with Crippen LogP contribution in [0.3, 0.4) is 0 Å². The Bertz CT molecular complexity index is 351. The van der Waals surface area contributed by atoms with Gasteiger partial charge in [-0.15, -0.1) is 0 Å². The molecular weight excluding hydrogens is 282 g/mol. The van der Waals surface area contributed by atoms with Gasteiger partial charge >= 0.3 is 5.97 Å². The highest BCUT2D eigenvalue weighted by Crippen LogP contribution is 2.13. The van der Waals surface area contributed by atoms with Gasteiger partial charge in [0, 0.05) is 26.2 Å². The van der Waals surface area contributed by atoms with Gasteiger partial charge in [-0.2, -0.15) is 0 Å². The van der Waals surface area contributed by atoms with Crippen molar-refractivity contribution in [3.05, 3.63) is 0 Å². The van der Waals surface area contributed by atoms with Gasteiger partial charge in [0.15, 0.2) is 5.96 Å². The highest BCUT2D eigenvalue weighted by atomic mass is 16.5. The van der Waals surface area contributed by atoms with Gasteiger partial charge in [0.1, 0.15) is 0 Å². The number of nitrogens with one attached hydrogen (secondary N) is 1. The number of esters is 1. The van der Waals surface area contributed by atoms with E-state index in [1.807, 2.05) is 20.8 Å². The van der Waals surface area contributed by atoms with Gasteiger partial charge in [-0.3, -0.25) is 9.79 Å². The van der Waals surface area contributed by atoms with E-state index in [-0.39, 0.29) is 12.1 Å². The summed E-state index contributed by atoms with van der Waals surface area (Å²) in [5.74, 6) is 0.694. The number of hydrogen-bond donors (Lipinski definition) is 1. The van der Waals surface area contributed by atoms with Crippen molar-refractivity contribution in [1.82, 2.24) is 10.2 Å². The van der Waals surface area contributed by atoms with Crippen molar-refractivity contribution in [2.75, 3.05) is 32.8 Å². The summed E-state index contributed by atoms with van der Waals surface area (Å²) in [5, 5.41) is 3.30. The molecule has 0 bridgehead atoms. The van der Waals surface area contributed by atoms with Crippen LogP contribution in [0, 0.1) is 0 Å². The molecule has 6 nitrogen and oxygen atoms in total. The summed E-state index contributed by atoms with van der Waals surface area (Å²) in [5.41, 5.74) is 0. The summed E-state index contributed by atoms with van der Waals surface area (Å²) >= 11 is 0. The maximum Gasteiger partial charge on any atom is 0.307 e. The third-order valence-electron chi connectivity index (χ3n) is 3.42. The first-order chi connectivity index (χ1) is 10.6. The van der Waals surface area contributed by atoms with Gasteiger partial charge in [-0.1, -0.05) is 0 Å². The van der Waals surface area contributed by atoms with E-state index >= 15 is 0 Å². The number of nitrogens with zero attached hydrogens (tertiary/aromatic N) is 2. The number of carbonyl (C=O) groups excluding carboxylic acids is 1. The lowest BCUT2D eigenvalue weighted by atomic mass is 10.1. The number of carbonyl (C=O) groups is 1. The molecule has 1 saturated heterocycles. The molecule has 1 fully saturated rings. The zero-order chi connectivity index (χ0) is 16.4. The standard InChI is InChI=1S/C16H31N3O3/c1-5-17-16(18-10-7-15(20)22-13(3)4)19-11-8-14(9-12-19)21-6-2/h13-14H,5-12H2,1-4H3,(H,17,18). The van der Waals surface area contributed by atoms with Crippen LogP contribution in [0.4, 0.5) is 0 Å². The molecule has 0 amide bonds. The van der Waals surface area contributed by atoms with E-state index in [9.17, 15) is 4.79 Å². The number of aliphatic imine (C=N–C) groups is 1. The van der Waals surface area contributed by atoms with Crippen LogP contribution in [-0.4, -0.2) is 61.8 Å². The predicted molar refractivity (Wildman–Crippen MR) is 88.0 cm³/mol. The molecule has 22 heavy (non-hydrogen) atoms. The minimum atomic E-state index is -0.190. The van der Waals surface area contributed by atoms with Crippen molar-refractivity contribution in [1.29, 1.82) is 0 Å². The van der Waals surface area contributed by atoms with E-state index in [0.29, 0.717) is 19.1 Å². The van der Waals surface area contributed by atoms with Crippen LogP contribution in [0.1, 0.15) is 47.0 Å². The SMILES string of the molecule is CCNC(=NCCC(=O)OC(C)C)N1CCC(OCC)CC1. The number of ether oxygens (including phenoxy) is 2.